The fourth-order valence-electron chi connectivity index (χ4n) is 6.25. The zero-order valence-corrected chi connectivity index (χ0v) is 31.6. The van der Waals surface area contributed by atoms with Gasteiger partial charge in [-0.25, -0.2) is 4.79 Å². The Morgan fingerprint density at radius 2 is 1.64 bits per heavy atom. The van der Waals surface area contributed by atoms with Crippen molar-refractivity contribution in [2.24, 2.45) is 10.7 Å². The minimum absolute atomic E-state index is 0.126. The highest BCUT2D eigenvalue weighted by atomic mass is 16.4. The van der Waals surface area contributed by atoms with Crippen molar-refractivity contribution in [1.29, 1.82) is 0 Å². The van der Waals surface area contributed by atoms with Gasteiger partial charge in [0.1, 0.15) is 18.1 Å². The van der Waals surface area contributed by atoms with Gasteiger partial charge in [0.05, 0.1) is 31.1 Å². The molecule has 308 valence electrons. The number of amides is 6. The van der Waals surface area contributed by atoms with E-state index >= 15 is 0 Å². The molecule has 0 radical (unpaired) electrons. The first-order valence-electron chi connectivity index (χ1n) is 18.9. The number of carboxylic acid groups (broad SMARTS) is 1. The molecule has 0 aliphatic carbocycles. The molecule has 2 aliphatic rings. The second kappa shape index (κ2) is 23.6. The van der Waals surface area contributed by atoms with Gasteiger partial charge < -0.3 is 52.4 Å². The Hall–Kier alpha value is -5.28. The van der Waals surface area contributed by atoms with Gasteiger partial charge in [-0.05, 0) is 82.6 Å². The van der Waals surface area contributed by atoms with Crippen LogP contribution in [0, 0.1) is 0 Å². The lowest BCUT2D eigenvalue weighted by Crippen LogP contribution is -2.54. The molecule has 1 fully saturated rings. The highest BCUT2D eigenvalue weighted by Gasteiger charge is 2.38. The number of benzene rings is 1. The lowest BCUT2D eigenvalue weighted by Gasteiger charge is -2.27. The van der Waals surface area contributed by atoms with Gasteiger partial charge in [-0.15, -0.1) is 0 Å². The van der Waals surface area contributed by atoms with Crippen molar-refractivity contribution >= 4 is 60.6 Å². The van der Waals surface area contributed by atoms with Gasteiger partial charge in [0, 0.05) is 37.5 Å². The van der Waals surface area contributed by atoms with Crippen molar-refractivity contribution in [2.75, 3.05) is 31.6 Å². The number of likely N-dealkylation sites (tertiary alicyclic amines) is 1. The third kappa shape index (κ3) is 15.5. The maximum Gasteiger partial charge on any atom is 0.475 e. The summed E-state index contributed by atoms with van der Waals surface area (Å²) in [6, 6.07) is 3.04. The minimum Gasteiger partial charge on any atom is -0.480 e. The molecular weight excluding hydrogens is 731 g/mol. The summed E-state index contributed by atoms with van der Waals surface area (Å²) in [5.74, 6) is -4.38. The number of carbonyl (C=O) groups is 7. The Bertz CT molecular complexity index is 1520. The van der Waals surface area contributed by atoms with Gasteiger partial charge in [0.2, 0.25) is 29.5 Å². The fraction of sp³-hybridized carbons (Fsp3) is 0.600. The molecule has 3 rings (SSSR count). The van der Waals surface area contributed by atoms with Crippen LogP contribution in [0.2, 0.25) is 0 Å². The molecule has 1 saturated heterocycles. The van der Waals surface area contributed by atoms with Crippen molar-refractivity contribution in [1.82, 2.24) is 36.9 Å². The molecular formula is C35H55BN10O10. The van der Waals surface area contributed by atoms with E-state index in [1.807, 2.05) is 0 Å². The number of nitrogens with zero attached hydrogens (tertiary/aromatic N) is 2. The number of hydrazine groups is 1. The number of nitrogens with one attached hydrogen (secondary N) is 7. The number of carbonyl (C=O) groups excluding carboxylic acids is 6. The average molecular weight is 787 g/mol. The van der Waals surface area contributed by atoms with Crippen LogP contribution in [0.3, 0.4) is 0 Å². The molecule has 5 atom stereocenters. The van der Waals surface area contributed by atoms with Gasteiger partial charge in [-0.3, -0.25) is 44.6 Å². The Morgan fingerprint density at radius 3 is 2.29 bits per heavy atom. The first-order valence-corrected chi connectivity index (χ1v) is 18.9. The van der Waals surface area contributed by atoms with Crippen LogP contribution in [0.15, 0.2) is 29.3 Å². The van der Waals surface area contributed by atoms with Crippen LogP contribution in [0.4, 0.5) is 5.69 Å². The molecule has 0 bridgehead atoms. The maximum atomic E-state index is 12.9. The normalized spacial score (nSPS) is 17.5. The SMILES string of the molecule is C[C@@H](NC(=O)c1ccc(NNC(=O)CCCCCC(=O)NCCCC[C@H](NC(=O)C(CC2CN=CN2)NC(=O)CN)C(=O)O)cc1)C(=O)N1CCC[C@H]1B(O)O. The first kappa shape index (κ1) is 45.1. The third-order valence-electron chi connectivity index (χ3n) is 9.39. The second-order valence-electron chi connectivity index (χ2n) is 13.8. The summed E-state index contributed by atoms with van der Waals surface area (Å²) in [5.41, 5.74) is 11.6. The first-order chi connectivity index (χ1) is 26.8. The molecule has 1 aromatic rings. The summed E-state index contributed by atoms with van der Waals surface area (Å²) in [5, 5.41) is 42.1. The molecule has 56 heavy (non-hydrogen) atoms. The largest absolute Gasteiger partial charge is 0.480 e. The number of carboxylic acids is 1. The van der Waals surface area contributed by atoms with E-state index in [0.717, 1.165) is 0 Å². The molecule has 6 amide bonds. The van der Waals surface area contributed by atoms with E-state index in [2.05, 4.69) is 42.4 Å². The number of hydrogen-bond donors (Lipinski definition) is 11. The minimum atomic E-state index is -1.64. The van der Waals surface area contributed by atoms with E-state index in [9.17, 15) is 48.7 Å². The van der Waals surface area contributed by atoms with Crippen LogP contribution in [-0.4, -0.2) is 131 Å². The van der Waals surface area contributed by atoms with Crippen molar-refractivity contribution in [3.05, 3.63) is 29.8 Å². The van der Waals surface area contributed by atoms with Crippen molar-refractivity contribution in [2.45, 2.75) is 108 Å². The molecule has 1 aromatic carbocycles. The molecule has 21 heteroatoms. The van der Waals surface area contributed by atoms with Crippen molar-refractivity contribution < 1.29 is 48.7 Å². The van der Waals surface area contributed by atoms with Gasteiger partial charge in [-0.2, -0.15) is 0 Å². The highest BCUT2D eigenvalue weighted by molar-refractivity contribution is 6.43. The molecule has 2 heterocycles. The van der Waals surface area contributed by atoms with Gasteiger partial charge >= 0.3 is 13.1 Å². The molecule has 12 N–H and O–H groups in total. The van der Waals surface area contributed by atoms with Gasteiger partial charge in [0.25, 0.3) is 5.91 Å². The van der Waals surface area contributed by atoms with Gasteiger partial charge in [0.15, 0.2) is 0 Å². The number of anilines is 1. The Morgan fingerprint density at radius 1 is 0.929 bits per heavy atom. The van der Waals surface area contributed by atoms with Crippen molar-refractivity contribution in [3.63, 3.8) is 0 Å². The lowest BCUT2D eigenvalue weighted by molar-refractivity contribution is -0.142. The quantitative estimate of drug-likeness (QED) is 0.0304. The lowest BCUT2D eigenvalue weighted by atomic mass is 9.78. The third-order valence-corrected chi connectivity index (χ3v) is 9.39. The van der Waals surface area contributed by atoms with E-state index < -0.39 is 60.8 Å². The molecule has 2 aliphatic heterocycles. The standard InChI is InChI=1S/C35H55BN10O10/c1-22(34(52)46-17-7-9-28(46)36(55)56)41-32(50)23-12-14-24(15-13-23)44-45-30(48)11-4-2-3-10-29(47)39-16-6-5-8-26(35(53)54)43-33(51)27(42-31(49)19-37)18-25-20-38-21-40-25/h12-15,21-22,25-28,44,55-56H,2-11,16-20,37H2,1H3,(H,38,40)(H,39,47)(H,41,50)(H,42,49)(H,43,51)(H,45,48)(H,53,54)/t22-,25?,26+,27?,28+/m1/s1. The summed E-state index contributed by atoms with van der Waals surface area (Å²) in [6.07, 6.45) is 6.11. The molecule has 0 saturated carbocycles. The number of rotatable bonds is 24. The Balaban J connectivity index is 1.24. The predicted octanol–water partition coefficient (Wildman–Crippen LogP) is -2.11. The van der Waals surface area contributed by atoms with Gasteiger partial charge in [-0.1, -0.05) is 6.42 Å². The van der Waals surface area contributed by atoms with E-state index in [1.165, 1.54) is 30.3 Å². The van der Waals surface area contributed by atoms with Crippen LogP contribution in [0.25, 0.3) is 0 Å². The summed E-state index contributed by atoms with van der Waals surface area (Å²) in [4.78, 5) is 91.9. The topological polar surface area (TPSA) is 306 Å². The monoisotopic (exact) mass is 786 g/mol. The van der Waals surface area contributed by atoms with Crippen LogP contribution >= 0.6 is 0 Å². The zero-order chi connectivity index (χ0) is 41.0. The van der Waals surface area contributed by atoms with Crippen molar-refractivity contribution in [3.8, 4) is 0 Å². The number of nitrogens with two attached hydrogens (primary N) is 1. The number of aliphatic carboxylic acids is 1. The summed E-state index contributed by atoms with van der Waals surface area (Å²) >= 11 is 0. The predicted molar refractivity (Wildman–Crippen MR) is 205 cm³/mol. The molecule has 2 unspecified atom stereocenters. The summed E-state index contributed by atoms with van der Waals surface area (Å²) < 4.78 is 0. The second-order valence-corrected chi connectivity index (χ2v) is 13.8. The average Bonchev–Trinajstić information content (AvgIpc) is 3.89. The van der Waals surface area contributed by atoms with E-state index in [1.54, 1.807) is 12.1 Å². The van der Waals surface area contributed by atoms with Crippen LogP contribution in [-0.2, 0) is 28.8 Å². The number of aliphatic imine (C=N–C) groups is 1. The van der Waals surface area contributed by atoms with Crippen LogP contribution in [0.5, 0.6) is 0 Å². The molecule has 20 nitrogen and oxygen atoms in total. The van der Waals surface area contributed by atoms with E-state index in [0.29, 0.717) is 75.8 Å². The molecule has 0 aromatic heterocycles. The number of hydrogen-bond acceptors (Lipinski definition) is 13. The fourth-order valence-corrected chi connectivity index (χ4v) is 6.25. The smallest absolute Gasteiger partial charge is 0.475 e. The van der Waals surface area contributed by atoms with Crippen LogP contribution in [0.1, 0.15) is 87.9 Å². The zero-order valence-electron chi connectivity index (χ0n) is 31.6. The van der Waals surface area contributed by atoms with Crippen LogP contribution < -0.4 is 43.2 Å². The summed E-state index contributed by atoms with van der Waals surface area (Å²) in [6.45, 7) is 2.36. The number of unbranched alkanes of at least 4 members (excludes halogenated alkanes) is 3. The van der Waals surface area contributed by atoms with E-state index in [4.69, 9.17) is 5.73 Å². The van der Waals surface area contributed by atoms with E-state index in [-0.39, 0.29) is 50.1 Å². The highest BCUT2D eigenvalue weighted by Crippen LogP contribution is 2.19. The Labute approximate surface area is 325 Å². The maximum absolute atomic E-state index is 12.9. The summed E-state index contributed by atoms with van der Waals surface area (Å²) in [7, 11) is -1.64. The Kier molecular flexibility index (Phi) is 19.0. The molecule has 0 spiro atoms.